The van der Waals surface area contributed by atoms with Gasteiger partial charge in [-0.25, -0.2) is 9.79 Å². The maximum absolute atomic E-state index is 14.0. The number of hydrogen-bond donors (Lipinski definition) is 1. The Kier molecular flexibility index (Phi) is 6.55. The van der Waals surface area contributed by atoms with Crippen molar-refractivity contribution in [3.63, 3.8) is 0 Å². The summed E-state index contributed by atoms with van der Waals surface area (Å²) < 4.78 is 10.6. The number of thiazole rings is 1. The molecule has 3 aromatic carbocycles. The largest absolute Gasteiger partial charge is 0.497 e. The summed E-state index contributed by atoms with van der Waals surface area (Å²) in [5.41, 5.74) is 4.31. The number of benzene rings is 3. The highest BCUT2D eigenvalue weighted by molar-refractivity contribution is 7.07. The van der Waals surface area contributed by atoms with Gasteiger partial charge in [-0.05, 0) is 60.5 Å². The van der Waals surface area contributed by atoms with E-state index >= 15 is 0 Å². The third-order valence-electron chi connectivity index (χ3n) is 7.32. The molecule has 0 spiro atoms. The number of allylic oxidation sites excluding steroid dienone is 1. The van der Waals surface area contributed by atoms with Crippen LogP contribution in [0.5, 0.6) is 5.75 Å². The van der Waals surface area contributed by atoms with E-state index in [0.29, 0.717) is 32.0 Å². The van der Waals surface area contributed by atoms with Crippen molar-refractivity contribution in [2.75, 3.05) is 12.4 Å². The number of rotatable bonds is 5. The van der Waals surface area contributed by atoms with Gasteiger partial charge in [0.25, 0.3) is 11.5 Å². The van der Waals surface area contributed by atoms with Gasteiger partial charge < -0.3 is 10.1 Å². The molecular formula is C31H27N5O4S. The first-order chi connectivity index (χ1) is 19.8. The van der Waals surface area contributed by atoms with Crippen molar-refractivity contribution in [1.29, 1.82) is 0 Å². The molecular weight excluding hydrogens is 538 g/mol. The molecule has 1 amide bonds. The molecule has 2 aromatic heterocycles. The van der Waals surface area contributed by atoms with E-state index in [2.05, 4.69) is 5.32 Å². The molecule has 0 radical (unpaired) electrons. The van der Waals surface area contributed by atoms with Gasteiger partial charge in [-0.3, -0.25) is 23.3 Å². The van der Waals surface area contributed by atoms with Gasteiger partial charge in [0.05, 0.1) is 40.0 Å². The Morgan fingerprint density at radius 3 is 2.39 bits per heavy atom. The number of para-hydroxylation sites is 1. The molecule has 0 fully saturated rings. The first kappa shape index (κ1) is 26.3. The van der Waals surface area contributed by atoms with Crippen molar-refractivity contribution < 1.29 is 9.53 Å². The van der Waals surface area contributed by atoms with Crippen LogP contribution in [-0.4, -0.2) is 26.7 Å². The molecule has 1 aliphatic heterocycles. The van der Waals surface area contributed by atoms with Crippen molar-refractivity contribution >= 4 is 40.0 Å². The summed E-state index contributed by atoms with van der Waals surface area (Å²) >= 11 is 1.27. The van der Waals surface area contributed by atoms with Crippen LogP contribution in [0.15, 0.2) is 98.6 Å². The first-order valence-corrected chi connectivity index (χ1v) is 13.8. The fourth-order valence-corrected chi connectivity index (χ4v) is 6.24. The Morgan fingerprint density at radius 1 is 0.976 bits per heavy atom. The number of carbonyl (C=O) groups excluding carboxylic acids is 1. The monoisotopic (exact) mass is 565 g/mol. The van der Waals surface area contributed by atoms with Gasteiger partial charge in [-0.15, -0.1) is 0 Å². The van der Waals surface area contributed by atoms with Crippen LogP contribution in [0.3, 0.4) is 0 Å². The number of fused-ring (bicyclic) bond motifs is 2. The number of imidazole rings is 1. The Morgan fingerprint density at radius 2 is 1.68 bits per heavy atom. The average Bonchev–Trinajstić information content (AvgIpc) is 3.40. The Labute approximate surface area is 238 Å². The molecule has 9 nitrogen and oxygen atoms in total. The lowest BCUT2D eigenvalue weighted by Crippen LogP contribution is -2.40. The first-order valence-electron chi connectivity index (χ1n) is 12.9. The van der Waals surface area contributed by atoms with Crippen molar-refractivity contribution in [3.05, 3.63) is 125 Å². The summed E-state index contributed by atoms with van der Waals surface area (Å²) in [6, 6.07) is 21.5. The minimum atomic E-state index is -0.694. The number of hydrogen-bond acceptors (Lipinski definition) is 6. The number of anilines is 1. The third-order valence-corrected chi connectivity index (χ3v) is 8.31. The average molecular weight is 566 g/mol. The van der Waals surface area contributed by atoms with Gasteiger partial charge in [-0.2, -0.15) is 0 Å². The molecule has 0 aliphatic carbocycles. The molecule has 1 atom stereocenters. The summed E-state index contributed by atoms with van der Waals surface area (Å²) in [5.74, 6) is 0.339. The molecule has 1 N–H and O–H groups in total. The van der Waals surface area contributed by atoms with E-state index in [9.17, 15) is 14.4 Å². The number of nitrogens with one attached hydrogen (secondary N) is 1. The van der Waals surface area contributed by atoms with Crippen LogP contribution in [0, 0.1) is 0 Å². The fraction of sp³-hybridized carbons (Fsp3) is 0.161. The van der Waals surface area contributed by atoms with Crippen LogP contribution in [0.25, 0.3) is 17.1 Å². The molecule has 0 saturated heterocycles. The summed E-state index contributed by atoms with van der Waals surface area (Å²) in [4.78, 5) is 45.3. The fourth-order valence-electron chi connectivity index (χ4n) is 5.20. The van der Waals surface area contributed by atoms with E-state index in [4.69, 9.17) is 9.73 Å². The van der Waals surface area contributed by atoms with Crippen molar-refractivity contribution in [2.45, 2.75) is 13.0 Å². The van der Waals surface area contributed by atoms with Crippen LogP contribution < -0.4 is 30.6 Å². The molecule has 0 saturated carbocycles. The highest BCUT2D eigenvalue weighted by atomic mass is 32.1. The number of aryl methyl sites for hydroxylation is 2. The predicted molar refractivity (Wildman–Crippen MR) is 160 cm³/mol. The zero-order valence-corrected chi connectivity index (χ0v) is 23.7. The van der Waals surface area contributed by atoms with Crippen molar-refractivity contribution in [1.82, 2.24) is 13.7 Å². The molecule has 41 heavy (non-hydrogen) atoms. The number of methoxy groups -OCH3 is 1. The Bertz CT molecular complexity index is 2100. The lowest BCUT2D eigenvalue weighted by molar-refractivity contribution is -0.113. The van der Waals surface area contributed by atoms with Crippen LogP contribution >= 0.6 is 11.3 Å². The van der Waals surface area contributed by atoms with Crippen molar-refractivity contribution in [3.8, 4) is 5.75 Å². The summed E-state index contributed by atoms with van der Waals surface area (Å²) in [6.07, 6.45) is 1.80. The summed E-state index contributed by atoms with van der Waals surface area (Å²) in [7, 11) is 5.04. The molecule has 5 aromatic rings. The van der Waals surface area contributed by atoms with Gasteiger partial charge >= 0.3 is 5.69 Å². The molecule has 206 valence electrons. The van der Waals surface area contributed by atoms with Crippen LogP contribution in [0.4, 0.5) is 5.69 Å². The highest BCUT2D eigenvalue weighted by Gasteiger charge is 2.32. The second-order valence-corrected chi connectivity index (χ2v) is 10.8. The van der Waals surface area contributed by atoms with Crippen molar-refractivity contribution in [2.24, 2.45) is 19.1 Å². The smallest absolute Gasteiger partial charge is 0.328 e. The number of nitrogens with zero attached hydrogens (tertiary/aromatic N) is 4. The minimum absolute atomic E-state index is 0.118. The zero-order chi connectivity index (χ0) is 28.8. The third kappa shape index (κ3) is 4.52. The van der Waals surface area contributed by atoms with E-state index in [1.54, 1.807) is 47.9 Å². The topological polar surface area (TPSA) is 99.6 Å². The predicted octanol–water partition coefficient (Wildman–Crippen LogP) is 3.07. The Balaban J connectivity index is 1.51. The van der Waals surface area contributed by atoms with E-state index in [0.717, 1.165) is 22.2 Å². The van der Waals surface area contributed by atoms with E-state index < -0.39 is 6.04 Å². The number of amides is 1. The maximum atomic E-state index is 14.0. The summed E-state index contributed by atoms with van der Waals surface area (Å²) in [5, 5.41) is 2.96. The maximum Gasteiger partial charge on any atom is 0.328 e. The van der Waals surface area contributed by atoms with Gasteiger partial charge in [0.1, 0.15) is 5.75 Å². The van der Waals surface area contributed by atoms with Crippen LogP contribution in [0.1, 0.15) is 24.1 Å². The van der Waals surface area contributed by atoms with Gasteiger partial charge in [0.2, 0.25) is 0 Å². The van der Waals surface area contributed by atoms with E-state index in [1.807, 2.05) is 72.8 Å². The zero-order valence-electron chi connectivity index (χ0n) is 22.9. The van der Waals surface area contributed by atoms with Crippen LogP contribution in [0.2, 0.25) is 0 Å². The summed E-state index contributed by atoms with van der Waals surface area (Å²) in [6.45, 7) is 1.79. The standard InChI is InChI=1S/C31H27N5O4S/c1-18-26(28(37)33-21-8-6-5-7-9-21)27(20-11-13-22(40-4)14-12-20)36-29(38)25(41-30(36)32-18)17-19-10-15-23-24(16-19)35(3)31(39)34(23)2/h5-17,27H,1-4H3,(H,33,37)/b25-17-/t27-/m0/s1. The quantitative estimate of drug-likeness (QED) is 0.354. The lowest BCUT2D eigenvalue weighted by atomic mass is 9.95. The van der Waals surface area contributed by atoms with Crippen LogP contribution in [-0.2, 0) is 18.9 Å². The normalized spacial score (nSPS) is 15.1. The molecule has 10 heteroatoms. The minimum Gasteiger partial charge on any atom is -0.497 e. The van der Waals surface area contributed by atoms with E-state index in [-0.39, 0.29) is 17.2 Å². The lowest BCUT2D eigenvalue weighted by Gasteiger charge is -2.25. The van der Waals surface area contributed by atoms with Gasteiger partial charge in [-0.1, -0.05) is 47.7 Å². The molecule has 1 aliphatic rings. The molecule has 0 unspecified atom stereocenters. The number of carbonyl (C=O) groups is 1. The van der Waals surface area contributed by atoms with Gasteiger partial charge in [0.15, 0.2) is 4.80 Å². The molecule has 0 bridgehead atoms. The number of aromatic nitrogens is 3. The van der Waals surface area contributed by atoms with E-state index in [1.165, 1.54) is 11.3 Å². The second-order valence-electron chi connectivity index (χ2n) is 9.82. The Hall–Kier alpha value is -4.96. The molecule has 3 heterocycles. The number of ether oxygens (including phenoxy) is 1. The SMILES string of the molecule is COc1ccc([C@H]2C(C(=O)Nc3ccccc3)=C(C)N=c3s/c(=C\c4ccc5c(c4)n(C)c(=O)n5C)c(=O)n32)cc1. The second kappa shape index (κ2) is 10.2. The molecule has 6 rings (SSSR count). The van der Waals surface area contributed by atoms with Gasteiger partial charge in [0, 0.05) is 19.8 Å². The highest BCUT2D eigenvalue weighted by Crippen LogP contribution is 2.31.